The number of aromatic carboxylic acids is 1. The maximum atomic E-state index is 15.2. The molecule has 0 bridgehead atoms. The fourth-order valence-corrected chi connectivity index (χ4v) is 5.18. The van der Waals surface area contributed by atoms with Crippen LogP contribution in [-0.4, -0.2) is 40.1 Å². The SMILES string of the molecule is CC(C)(C)c1ccc(-c2ccc(COc3ccccc3CCN(CCCCC(=O)O)Cc3ccc(C(=O)O)cc3)c(F)c2)cc1. The highest BCUT2D eigenvalue weighted by atomic mass is 19.1. The molecular formula is C38H42FNO5. The van der Waals surface area contributed by atoms with Gasteiger partial charge in [-0.1, -0.05) is 87.5 Å². The van der Waals surface area contributed by atoms with Gasteiger partial charge < -0.3 is 14.9 Å². The van der Waals surface area contributed by atoms with E-state index in [-0.39, 0.29) is 29.8 Å². The molecule has 0 saturated carbocycles. The molecule has 0 amide bonds. The van der Waals surface area contributed by atoms with Crippen molar-refractivity contribution in [3.63, 3.8) is 0 Å². The molecule has 4 aromatic rings. The predicted molar refractivity (Wildman–Crippen MR) is 175 cm³/mol. The maximum Gasteiger partial charge on any atom is 0.335 e. The van der Waals surface area contributed by atoms with Crippen LogP contribution in [0.1, 0.15) is 72.6 Å². The zero-order chi connectivity index (χ0) is 32.4. The van der Waals surface area contributed by atoms with Crippen molar-refractivity contribution >= 4 is 11.9 Å². The largest absolute Gasteiger partial charge is 0.489 e. The summed E-state index contributed by atoms with van der Waals surface area (Å²) in [5, 5.41) is 18.2. The Bertz CT molecular complexity index is 1580. The van der Waals surface area contributed by atoms with Gasteiger partial charge in [0.1, 0.15) is 18.2 Å². The number of aliphatic carboxylic acids is 1. The zero-order valence-electron chi connectivity index (χ0n) is 26.3. The van der Waals surface area contributed by atoms with Crippen LogP contribution in [-0.2, 0) is 29.8 Å². The van der Waals surface area contributed by atoms with Crippen LogP contribution in [0.15, 0.2) is 91.0 Å². The molecule has 0 radical (unpaired) electrons. The molecule has 2 N–H and O–H groups in total. The van der Waals surface area contributed by atoms with Crippen molar-refractivity contribution in [1.82, 2.24) is 4.90 Å². The van der Waals surface area contributed by atoms with Gasteiger partial charge >= 0.3 is 11.9 Å². The Kier molecular flexibility index (Phi) is 11.5. The van der Waals surface area contributed by atoms with Gasteiger partial charge in [-0.15, -0.1) is 0 Å². The van der Waals surface area contributed by atoms with Crippen LogP contribution in [0.5, 0.6) is 5.75 Å². The third-order valence-electron chi connectivity index (χ3n) is 7.91. The van der Waals surface area contributed by atoms with Gasteiger partial charge in [-0.2, -0.15) is 0 Å². The van der Waals surface area contributed by atoms with Crippen LogP contribution in [0.25, 0.3) is 11.1 Å². The van der Waals surface area contributed by atoms with E-state index in [0.717, 1.165) is 28.7 Å². The summed E-state index contributed by atoms with van der Waals surface area (Å²) in [7, 11) is 0. The number of halogens is 1. The first kappa shape index (κ1) is 33.4. The summed E-state index contributed by atoms with van der Waals surface area (Å²) in [5.74, 6) is -1.40. The highest BCUT2D eigenvalue weighted by molar-refractivity contribution is 5.87. The van der Waals surface area contributed by atoms with E-state index in [1.54, 1.807) is 24.3 Å². The van der Waals surface area contributed by atoms with Gasteiger partial charge in [0.15, 0.2) is 0 Å². The Morgan fingerprint density at radius 2 is 1.49 bits per heavy atom. The normalized spacial score (nSPS) is 11.5. The Morgan fingerprint density at radius 3 is 2.13 bits per heavy atom. The second-order valence-electron chi connectivity index (χ2n) is 12.4. The van der Waals surface area contributed by atoms with E-state index in [1.165, 1.54) is 5.56 Å². The zero-order valence-corrected chi connectivity index (χ0v) is 26.3. The maximum absolute atomic E-state index is 15.2. The van der Waals surface area contributed by atoms with Crippen LogP contribution >= 0.6 is 0 Å². The monoisotopic (exact) mass is 611 g/mol. The molecule has 7 heteroatoms. The Hall–Kier alpha value is -4.49. The van der Waals surface area contributed by atoms with Gasteiger partial charge in [0.05, 0.1) is 5.56 Å². The minimum absolute atomic E-state index is 0.0529. The van der Waals surface area contributed by atoms with E-state index in [2.05, 4.69) is 37.8 Å². The number of carboxylic acid groups (broad SMARTS) is 2. The van der Waals surface area contributed by atoms with Gasteiger partial charge in [-0.25, -0.2) is 9.18 Å². The minimum atomic E-state index is -0.967. The van der Waals surface area contributed by atoms with Crippen molar-refractivity contribution in [2.45, 2.75) is 65.0 Å². The summed E-state index contributed by atoms with van der Waals surface area (Å²) in [6.45, 7) is 8.59. The van der Waals surface area contributed by atoms with Crippen molar-refractivity contribution in [2.75, 3.05) is 13.1 Å². The second-order valence-corrected chi connectivity index (χ2v) is 12.4. The van der Waals surface area contributed by atoms with Gasteiger partial charge in [-0.05, 0) is 83.3 Å². The van der Waals surface area contributed by atoms with Crippen molar-refractivity contribution in [2.24, 2.45) is 0 Å². The van der Waals surface area contributed by atoms with Crippen LogP contribution in [0.2, 0.25) is 0 Å². The summed E-state index contributed by atoms with van der Waals surface area (Å²) in [6, 6.07) is 28.0. The van der Waals surface area contributed by atoms with Gasteiger partial charge in [0, 0.05) is 25.1 Å². The lowest BCUT2D eigenvalue weighted by molar-refractivity contribution is -0.137. The number of ether oxygens (including phenoxy) is 1. The quantitative estimate of drug-likeness (QED) is 0.131. The second kappa shape index (κ2) is 15.5. The number of carbonyl (C=O) groups is 2. The molecular weight excluding hydrogens is 569 g/mol. The number of hydrogen-bond donors (Lipinski definition) is 2. The number of benzene rings is 4. The minimum Gasteiger partial charge on any atom is -0.489 e. The fraction of sp³-hybridized carbons (Fsp3) is 0.316. The Morgan fingerprint density at radius 1 is 0.800 bits per heavy atom. The average Bonchev–Trinajstić information content (AvgIpc) is 3.01. The Balaban J connectivity index is 1.40. The summed E-state index contributed by atoms with van der Waals surface area (Å²) >= 11 is 0. The first-order chi connectivity index (χ1) is 21.5. The third-order valence-corrected chi connectivity index (χ3v) is 7.91. The number of hydrogen-bond acceptors (Lipinski definition) is 4. The molecule has 0 spiro atoms. The van der Waals surface area contributed by atoms with E-state index < -0.39 is 11.9 Å². The van der Waals surface area contributed by atoms with Crippen LogP contribution < -0.4 is 4.74 Å². The fourth-order valence-electron chi connectivity index (χ4n) is 5.18. The van der Waals surface area contributed by atoms with E-state index in [4.69, 9.17) is 9.84 Å². The standard InChI is InChI=1S/C38H42FNO5/c1-38(2,3)33-19-17-28(18-20-33)31-15-16-32(34(39)24-31)26-45-35-9-5-4-8-29(35)21-23-40(22-7-6-10-36(41)42)25-27-11-13-30(14-12-27)37(43)44/h4-5,8-9,11-20,24H,6-7,10,21-23,25-26H2,1-3H3,(H,41,42)(H,43,44). The molecule has 0 unspecified atom stereocenters. The highest BCUT2D eigenvalue weighted by Crippen LogP contribution is 2.28. The lowest BCUT2D eigenvalue weighted by atomic mass is 9.86. The molecule has 0 aromatic heterocycles. The lowest BCUT2D eigenvalue weighted by Crippen LogP contribution is -2.27. The van der Waals surface area contributed by atoms with Crippen LogP contribution in [0.3, 0.4) is 0 Å². The molecule has 45 heavy (non-hydrogen) atoms. The molecule has 0 aliphatic rings. The predicted octanol–water partition coefficient (Wildman–Crippen LogP) is 8.37. The number of unbranched alkanes of at least 4 members (excludes halogenated alkanes) is 1. The van der Waals surface area contributed by atoms with Gasteiger partial charge in [-0.3, -0.25) is 9.69 Å². The lowest BCUT2D eigenvalue weighted by Gasteiger charge is -2.23. The molecule has 0 aliphatic carbocycles. The molecule has 0 saturated heterocycles. The van der Waals surface area contributed by atoms with Crippen molar-refractivity contribution in [1.29, 1.82) is 0 Å². The number of rotatable bonds is 15. The number of nitrogens with zero attached hydrogens (tertiary/aromatic N) is 1. The molecule has 236 valence electrons. The first-order valence-corrected chi connectivity index (χ1v) is 15.4. The molecule has 0 atom stereocenters. The first-order valence-electron chi connectivity index (χ1n) is 15.4. The Labute approximate surface area is 265 Å². The van der Waals surface area contributed by atoms with E-state index in [0.29, 0.717) is 43.8 Å². The van der Waals surface area contributed by atoms with Gasteiger partial charge in [0.25, 0.3) is 0 Å². The third kappa shape index (κ3) is 10.0. The summed E-state index contributed by atoms with van der Waals surface area (Å²) in [5.41, 5.74) is 5.74. The van der Waals surface area contributed by atoms with Crippen LogP contribution in [0.4, 0.5) is 4.39 Å². The van der Waals surface area contributed by atoms with Crippen molar-refractivity contribution < 1.29 is 28.9 Å². The highest BCUT2D eigenvalue weighted by Gasteiger charge is 2.15. The molecule has 0 heterocycles. The summed E-state index contributed by atoms with van der Waals surface area (Å²) in [4.78, 5) is 24.5. The molecule has 4 aromatic carbocycles. The van der Waals surface area contributed by atoms with Crippen molar-refractivity contribution in [3.8, 4) is 16.9 Å². The smallest absolute Gasteiger partial charge is 0.335 e. The van der Waals surface area contributed by atoms with E-state index >= 15 is 4.39 Å². The average molecular weight is 612 g/mol. The molecule has 0 fully saturated rings. The van der Waals surface area contributed by atoms with Crippen LogP contribution in [0, 0.1) is 5.82 Å². The topological polar surface area (TPSA) is 87.1 Å². The molecule has 6 nitrogen and oxygen atoms in total. The summed E-state index contributed by atoms with van der Waals surface area (Å²) in [6.07, 6.45) is 2.11. The van der Waals surface area contributed by atoms with Crippen molar-refractivity contribution in [3.05, 3.63) is 125 Å². The van der Waals surface area contributed by atoms with E-state index in [9.17, 15) is 14.7 Å². The van der Waals surface area contributed by atoms with Gasteiger partial charge in [0.2, 0.25) is 0 Å². The molecule has 0 aliphatic heterocycles. The van der Waals surface area contributed by atoms with E-state index in [1.807, 2.05) is 54.6 Å². The summed E-state index contributed by atoms with van der Waals surface area (Å²) < 4.78 is 21.3. The number of para-hydroxylation sites is 1. The molecule has 4 rings (SSSR count). The number of carboxylic acids is 2.